The molecule has 1 atom stereocenters. The summed E-state index contributed by atoms with van der Waals surface area (Å²) >= 11 is 0. The molecule has 2 rings (SSSR count). The lowest BCUT2D eigenvalue weighted by Gasteiger charge is -2.32. The highest BCUT2D eigenvalue weighted by Crippen LogP contribution is 2.36. The van der Waals surface area contributed by atoms with Crippen molar-refractivity contribution in [2.75, 3.05) is 6.54 Å². The molecule has 1 aromatic rings. The van der Waals surface area contributed by atoms with Crippen molar-refractivity contribution >= 4 is 18.7 Å². The Morgan fingerprint density at radius 2 is 1.62 bits per heavy atom. The van der Waals surface area contributed by atoms with Crippen LogP contribution in [0.4, 0.5) is 4.79 Å². The lowest BCUT2D eigenvalue weighted by atomic mass is 9.78. The van der Waals surface area contributed by atoms with E-state index in [1.165, 1.54) is 0 Å². The van der Waals surface area contributed by atoms with E-state index < -0.39 is 11.7 Å². The van der Waals surface area contributed by atoms with Crippen LogP contribution in [0.2, 0.25) is 0 Å². The van der Waals surface area contributed by atoms with Crippen molar-refractivity contribution in [1.82, 2.24) is 5.32 Å². The number of alkyl carbamates (subject to hydrolysis) is 1. The molecule has 1 aliphatic heterocycles. The van der Waals surface area contributed by atoms with E-state index in [4.69, 9.17) is 14.0 Å². The minimum atomic E-state index is -0.488. The third-order valence-corrected chi connectivity index (χ3v) is 4.98. The molecule has 1 fully saturated rings. The Morgan fingerprint density at radius 1 is 1.12 bits per heavy atom. The molecular formula is C20H32BNO4. The molecule has 0 radical (unpaired) electrons. The van der Waals surface area contributed by atoms with Crippen LogP contribution in [0.3, 0.4) is 0 Å². The summed E-state index contributed by atoms with van der Waals surface area (Å²) in [5.74, 6) is 0.176. The maximum atomic E-state index is 11.8. The molecule has 6 heteroatoms. The molecule has 26 heavy (non-hydrogen) atoms. The Labute approximate surface area is 157 Å². The van der Waals surface area contributed by atoms with Crippen LogP contribution >= 0.6 is 0 Å². The molecule has 1 amide bonds. The van der Waals surface area contributed by atoms with Gasteiger partial charge in [-0.15, -0.1) is 0 Å². The first-order chi connectivity index (χ1) is 11.8. The van der Waals surface area contributed by atoms with Crippen LogP contribution in [0.5, 0.6) is 0 Å². The number of carbonyl (C=O) groups excluding carboxylic acids is 1. The summed E-state index contributed by atoms with van der Waals surface area (Å²) in [6, 6.07) is 8.17. The smallest absolute Gasteiger partial charge is 0.444 e. The van der Waals surface area contributed by atoms with Crippen LogP contribution in [-0.4, -0.2) is 36.6 Å². The molecule has 1 aromatic carbocycles. The minimum absolute atomic E-state index is 0.176. The molecule has 0 spiro atoms. The Hall–Kier alpha value is -1.53. The maximum absolute atomic E-state index is 11.8. The Bertz CT molecular complexity index is 618. The van der Waals surface area contributed by atoms with Gasteiger partial charge in [0.2, 0.25) is 0 Å². The number of ether oxygens (including phenoxy) is 1. The summed E-state index contributed by atoms with van der Waals surface area (Å²) in [4.78, 5) is 11.8. The summed E-state index contributed by atoms with van der Waals surface area (Å²) in [6.07, 6.45) is -0.391. The highest BCUT2D eigenvalue weighted by atomic mass is 16.7. The predicted molar refractivity (Wildman–Crippen MR) is 105 cm³/mol. The molecule has 1 unspecified atom stereocenters. The lowest BCUT2D eigenvalue weighted by Crippen LogP contribution is -2.41. The van der Waals surface area contributed by atoms with Gasteiger partial charge in [0, 0.05) is 6.54 Å². The fourth-order valence-corrected chi connectivity index (χ4v) is 2.63. The maximum Gasteiger partial charge on any atom is 0.494 e. The molecule has 1 N–H and O–H groups in total. The zero-order valence-corrected chi connectivity index (χ0v) is 17.3. The zero-order chi connectivity index (χ0) is 19.8. The van der Waals surface area contributed by atoms with E-state index in [1.54, 1.807) is 0 Å². The van der Waals surface area contributed by atoms with E-state index in [0.29, 0.717) is 6.54 Å². The SMILES string of the molecule is CC(CNC(=O)OC(C)(C)C)c1ccc(B2OC(C)(C)C(C)(C)O2)cc1. The van der Waals surface area contributed by atoms with Crippen molar-refractivity contribution in [2.45, 2.75) is 78.1 Å². The van der Waals surface area contributed by atoms with Crippen LogP contribution in [0.15, 0.2) is 24.3 Å². The summed E-state index contributed by atoms with van der Waals surface area (Å²) in [5, 5.41) is 2.82. The fraction of sp³-hybridized carbons (Fsp3) is 0.650. The van der Waals surface area contributed by atoms with E-state index in [2.05, 4.69) is 24.4 Å². The summed E-state index contributed by atoms with van der Waals surface area (Å²) in [6.45, 7) is 16.3. The van der Waals surface area contributed by atoms with Gasteiger partial charge in [0.25, 0.3) is 0 Å². The predicted octanol–water partition coefficient (Wildman–Crippen LogP) is 3.61. The highest BCUT2D eigenvalue weighted by molar-refractivity contribution is 6.62. The van der Waals surface area contributed by atoms with Crippen LogP contribution in [0.25, 0.3) is 0 Å². The van der Waals surface area contributed by atoms with Crippen LogP contribution in [0.1, 0.15) is 66.9 Å². The Balaban J connectivity index is 1.94. The summed E-state index contributed by atoms with van der Waals surface area (Å²) < 4.78 is 17.4. The number of amides is 1. The largest absolute Gasteiger partial charge is 0.494 e. The number of nitrogens with one attached hydrogen (secondary N) is 1. The Morgan fingerprint density at radius 3 is 2.08 bits per heavy atom. The first-order valence-electron chi connectivity index (χ1n) is 9.23. The Kier molecular flexibility index (Phi) is 5.79. The van der Waals surface area contributed by atoms with Crippen LogP contribution in [0, 0.1) is 0 Å². The third-order valence-electron chi connectivity index (χ3n) is 4.98. The lowest BCUT2D eigenvalue weighted by molar-refractivity contribution is 0.00578. The van der Waals surface area contributed by atoms with Crippen molar-refractivity contribution in [3.63, 3.8) is 0 Å². The van der Waals surface area contributed by atoms with Crippen molar-refractivity contribution in [2.24, 2.45) is 0 Å². The van der Waals surface area contributed by atoms with Gasteiger partial charge in [-0.1, -0.05) is 31.2 Å². The van der Waals surface area contributed by atoms with Crippen molar-refractivity contribution in [3.8, 4) is 0 Å². The third kappa shape index (κ3) is 5.01. The monoisotopic (exact) mass is 361 g/mol. The van der Waals surface area contributed by atoms with Crippen LogP contribution < -0.4 is 10.8 Å². The second-order valence-corrected chi connectivity index (χ2v) is 9.04. The summed E-state index contributed by atoms with van der Waals surface area (Å²) in [7, 11) is -0.357. The molecule has 0 aromatic heterocycles. The molecule has 144 valence electrons. The average Bonchev–Trinajstić information content (AvgIpc) is 2.71. The van der Waals surface area contributed by atoms with Gasteiger partial charge in [-0.05, 0) is 65.4 Å². The van der Waals surface area contributed by atoms with Gasteiger partial charge in [-0.2, -0.15) is 0 Å². The minimum Gasteiger partial charge on any atom is -0.444 e. The molecule has 0 bridgehead atoms. The zero-order valence-electron chi connectivity index (χ0n) is 17.3. The van der Waals surface area contributed by atoms with E-state index in [-0.39, 0.29) is 24.2 Å². The topological polar surface area (TPSA) is 56.8 Å². The quantitative estimate of drug-likeness (QED) is 0.833. The van der Waals surface area contributed by atoms with Crippen molar-refractivity contribution in [3.05, 3.63) is 29.8 Å². The first-order valence-corrected chi connectivity index (χ1v) is 9.23. The van der Waals surface area contributed by atoms with Gasteiger partial charge in [0.05, 0.1) is 11.2 Å². The van der Waals surface area contributed by atoms with Gasteiger partial charge in [-0.3, -0.25) is 0 Å². The molecule has 1 heterocycles. The molecule has 0 aliphatic carbocycles. The number of rotatable bonds is 4. The molecule has 1 aliphatic rings. The highest BCUT2D eigenvalue weighted by Gasteiger charge is 2.51. The second kappa shape index (κ2) is 7.24. The standard InChI is InChI=1S/C20H32BNO4/c1-14(13-22-17(23)24-18(2,3)4)15-9-11-16(12-10-15)21-25-19(5,6)20(7,8)26-21/h9-12,14H,13H2,1-8H3,(H,22,23). The average molecular weight is 361 g/mol. The summed E-state index contributed by atoms with van der Waals surface area (Å²) in [5.41, 5.74) is 0.959. The molecule has 0 saturated carbocycles. The van der Waals surface area contributed by atoms with E-state index >= 15 is 0 Å². The van der Waals surface area contributed by atoms with Gasteiger partial charge >= 0.3 is 13.2 Å². The fourth-order valence-electron chi connectivity index (χ4n) is 2.63. The van der Waals surface area contributed by atoms with E-state index in [9.17, 15) is 4.79 Å². The van der Waals surface area contributed by atoms with Crippen molar-refractivity contribution < 1.29 is 18.8 Å². The normalized spacial score (nSPS) is 19.9. The number of benzene rings is 1. The van der Waals surface area contributed by atoms with Crippen LogP contribution in [-0.2, 0) is 14.0 Å². The first kappa shape index (κ1) is 20.8. The number of carbonyl (C=O) groups is 1. The van der Waals surface area contributed by atoms with Gasteiger partial charge in [0.1, 0.15) is 5.60 Å². The van der Waals surface area contributed by atoms with Gasteiger partial charge in [-0.25, -0.2) is 4.79 Å². The molecule has 1 saturated heterocycles. The van der Waals surface area contributed by atoms with E-state index in [1.807, 2.05) is 60.6 Å². The van der Waals surface area contributed by atoms with Gasteiger partial charge in [0.15, 0.2) is 0 Å². The van der Waals surface area contributed by atoms with E-state index in [0.717, 1.165) is 11.0 Å². The molecular weight excluding hydrogens is 329 g/mol. The second-order valence-electron chi connectivity index (χ2n) is 9.04. The number of hydrogen-bond donors (Lipinski definition) is 1. The van der Waals surface area contributed by atoms with Gasteiger partial charge < -0.3 is 19.4 Å². The molecule has 5 nitrogen and oxygen atoms in total. The number of hydrogen-bond acceptors (Lipinski definition) is 4. The van der Waals surface area contributed by atoms with Crippen molar-refractivity contribution in [1.29, 1.82) is 0 Å².